The topological polar surface area (TPSA) is 79.7 Å². The molecule has 2 heterocycles. The van der Waals surface area contributed by atoms with Crippen molar-refractivity contribution in [3.63, 3.8) is 0 Å². The fraction of sp³-hybridized carbons (Fsp3) is 0.250. The summed E-state index contributed by atoms with van der Waals surface area (Å²) in [6.45, 7) is 1.79. The Morgan fingerprint density at radius 1 is 1.03 bits per heavy atom. The van der Waals surface area contributed by atoms with Crippen molar-refractivity contribution < 1.29 is 9.53 Å². The number of nitrogens with zero attached hydrogens (tertiary/aromatic N) is 4. The minimum Gasteiger partial charge on any atom is -0.496 e. The fourth-order valence-corrected chi connectivity index (χ4v) is 3.53. The molecule has 1 aliphatic rings. The van der Waals surface area contributed by atoms with E-state index in [0.717, 1.165) is 42.8 Å². The lowest BCUT2D eigenvalue weighted by Gasteiger charge is -2.27. The Balaban J connectivity index is 1.60. The summed E-state index contributed by atoms with van der Waals surface area (Å²) in [6.07, 6.45) is 4.97. The van der Waals surface area contributed by atoms with Gasteiger partial charge in [0.1, 0.15) is 11.4 Å². The van der Waals surface area contributed by atoms with E-state index < -0.39 is 0 Å². The van der Waals surface area contributed by atoms with Crippen LogP contribution >= 0.6 is 0 Å². The van der Waals surface area contributed by atoms with E-state index >= 15 is 0 Å². The van der Waals surface area contributed by atoms with Gasteiger partial charge in [-0.05, 0) is 37.5 Å². The van der Waals surface area contributed by atoms with E-state index in [0.29, 0.717) is 11.7 Å². The molecule has 4 rings (SSSR count). The van der Waals surface area contributed by atoms with E-state index in [2.05, 4.69) is 20.4 Å². The van der Waals surface area contributed by atoms with Crippen LogP contribution in [0.1, 0.15) is 35.3 Å². The molecule has 0 aliphatic carbocycles. The first-order valence-electron chi connectivity index (χ1n) is 10.4. The molecular weight excluding hydrogens is 390 g/mol. The van der Waals surface area contributed by atoms with E-state index in [9.17, 15) is 4.79 Å². The monoisotopic (exact) mass is 415 g/mol. The molecule has 7 heteroatoms. The zero-order valence-electron chi connectivity index (χ0n) is 17.5. The second-order valence-electron chi connectivity index (χ2n) is 7.29. The minimum absolute atomic E-state index is 0.284. The van der Waals surface area contributed by atoms with Crippen molar-refractivity contribution in [2.45, 2.75) is 19.3 Å². The predicted octanol–water partition coefficient (Wildman–Crippen LogP) is 3.91. The lowest BCUT2D eigenvalue weighted by molar-refractivity contribution is 0.0950. The Hall–Kier alpha value is -3.74. The highest BCUT2D eigenvalue weighted by Gasteiger charge is 2.18. The molecule has 158 valence electrons. The van der Waals surface area contributed by atoms with Crippen LogP contribution in [0.2, 0.25) is 0 Å². The smallest absolute Gasteiger partial charge is 0.290 e. The number of nitrogens with one attached hydrogen (secondary N) is 1. The van der Waals surface area contributed by atoms with Crippen molar-refractivity contribution in [2.24, 2.45) is 5.10 Å². The largest absolute Gasteiger partial charge is 0.496 e. The standard InChI is InChI=1S/C24H25N5O2/c1-31-22-13-7-6-12-19(22)17-25-28-23(30)21-16-20(18-10-4-2-5-11-18)26-24(27-21)29-14-8-3-9-15-29/h2,4-7,10-13,16-17H,3,8-9,14-15H2,1H3,(H,28,30)/b25-17+. The first-order valence-corrected chi connectivity index (χ1v) is 10.4. The first kappa shape index (κ1) is 20.5. The lowest BCUT2D eigenvalue weighted by atomic mass is 10.1. The number of hydrazone groups is 1. The van der Waals surface area contributed by atoms with Crippen molar-refractivity contribution in [1.82, 2.24) is 15.4 Å². The molecule has 0 radical (unpaired) electrons. The van der Waals surface area contributed by atoms with Crippen molar-refractivity contribution in [3.05, 3.63) is 71.9 Å². The summed E-state index contributed by atoms with van der Waals surface area (Å²) < 4.78 is 5.31. The second-order valence-corrected chi connectivity index (χ2v) is 7.29. The van der Waals surface area contributed by atoms with Gasteiger partial charge >= 0.3 is 0 Å². The average molecular weight is 415 g/mol. The third kappa shape index (κ3) is 5.06. The van der Waals surface area contributed by atoms with E-state index in [1.165, 1.54) is 6.42 Å². The van der Waals surface area contributed by atoms with Crippen LogP contribution in [0.15, 0.2) is 65.8 Å². The molecule has 0 spiro atoms. The van der Waals surface area contributed by atoms with E-state index in [1.54, 1.807) is 19.4 Å². The van der Waals surface area contributed by atoms with Crippen molar-refractivity contribution >= 4 is 18.1 Å². The van der Waals surface area contributed by atoms with Crippen molar-refractivity contribution in [1.29, 1.82) is 0 Å². The van der Waals surface area contributed by atoms with Gasteiger partial charge in [0.2, 0.25) is 5.95 Å². The number of para-hydroxylation sites is 1. The maximum absolute atomic E-state index is 12.8. The van der Waals surface area contributed by atoms with Crippen LogP contribution in [-0.4, -0.2) is 42.3 Å². The number of ether oxygens (including phenoxy) is 1. The van der Waals surface area contributed by atoms with Gasteiger partial charge in [-0.25, -0.2) is 15.4 Å². The first-order chi connectivity index (χ1) is 15.2. The molecule has 1 aliphatic heterocycles. The molecule has 0 unspecified atom stereocenters. The molecular formula is C24H25N5O2. The molecule has 1 amide bonds. The maximum Gasteiger partial charge on any atom is 0.290 e. The quantitative estimate of drug-likeness (QED) is 0.488. The molecule has 3 aromatic rings. The molecule has 1 N–H and O–H groups in total. The Morgan fingerprint density at radius 3 is 2.55 bits per heavy atom. The lowest BCUT2D eigenvalue weighted by Crippen LogP contribution is -2.32. The minimum atomic E-state index is -0.385. The summed E-state index contributed by atoms with van der Waals surface area (Å²) in [6, 6.07) is 19.0. The van der Waals surface area contributed by atoms with Gasteiger partial charge in [0.15, 0.2) is 0 Å². The third-order valence-corrected chi connectivity index (χ3v) is 5.16. The molecule has 0 atom stereocenters. The van der Waals surface area contributed by atoms with Crippen LogP contribution in [0.4, 0.5) is 5.95 Å². The Bertz CT molecular complexity index is 1060. The van der Waals surface area contributed by atoms with Gasteiger partial charge in [-0.15, -0.1) is 0 Å². The van der Waals surface area contributed by atoms with Gasteiger partial charge in [0.25, 0.3) is 5.91 Å². The highest BCUT2D eigenvalue weighted by molar-refractivity contribution is 5.94. The number of hydrogen-bond acceptors (Lipinski definition) is 6. The van der Waals surface area contributed by atoms with Gasteiger partial charge in [0, 0.05) is 24.2 Å². The zero-order chi connectivity index (χ0) is 21.5. The van der Waals surface area contributed by atoms with Gasteiger partial charge in [-0.1, -0.05) is 42.5 Å². The highest BCUT2D eigenvalue weighted by atomic mass is 16.5. The molecule has 0 bridgehead atoms. The van der Waals surface area contributed by atoms with Gasteiger partial charge in [-0.3, -0.25) is 4.79 Å². The number of methoxy groups -OCH3 is 1. The number of amides is 1. The number of anilines is 1. The van der Waals surface area contributed by atoms with Crippen LogP contribution in [0, 0.1) is 0 Å². The highest BCUT2D eigenvalue weighted by Crippen LogP contribution is 2.23. The summed E-state index contributed by atoms with van der Waals surface area (Å²) >= 11 is 0. The molecule has 7 nitrogen and oxygen atoms in total. The number of carbonyl (C=O) groups excluding carboxylic acids is 1. The summed E-state index contributed by atoms with van der Waals surface area (Å²) in [7, 11) is 1.60. The Morgan fingerprint density at radius 2 is 1.77 bits per heavy atom. The van der Waals surface area contributed by atoms with Crippen molar-refractivity contribution in [3.8, 4) is 17.0 Å². The van der Waals surface area contributed by atoms with Crippen LogP contribution in [-0.2, 0) is 0 Å². The van der Waals surface area contributed by atoms with E-state index in [-0.39, 0.29) is 11.6 Å². The number of carbonyl (C=O) groups is 1. The third-order valence-electron chi connectivity index (χ3n) is 5.16. The number of aromatic nitrogens is 2. The summed E-state index contributed by atoms with van der Waals surface area (Å²) in [4.78, 5) is 24.3. The Labute approximate surface area is 181 Å². The molecule has 1 saturated heterocycles. The van der Waals surface area contributed by atoms with Gasteiger partial charge in [-0.2, -0.15) is 5.10 Å². The number of hydrogen-bond donors (Lipinski definition) is 1. The molecule has 0 saturated carbocycles. The van der Waals surface area contributed by atoms with Gasteiger partial charge < -0.3 is 9.64 Å². The van der Waals surface area contributed by atoms with Crippen LogP contribution in [0.5, 0.6) is 5.75 Å². The predicted molar refractivity (Wildman–Crippen MR) is 122 cm³/mol. The summed E-state index contributed by atoms with van der Waals surface area (Å²) in [5.41, 5.74) is 5.29. The van der Waals surface area contributed by atoms with E-state index in [4.69, 9.17) is 9.72 Å². The zero-order valence-corrected chi connectivity index (χ0v) is 17.5. The Kier molecular flexibility index (Phi) is 6.52. The maximum atomic E-state index is 12.8. The van der Waals surface area contributed by atoms with Crippen LogP contribution < -0.4 is 15.1 Å². The number of benzene rings is 2. The van der Waals surface area contributed by atoms with E-state index in [1.807, 2.05) is 54.6 Å². The van der Waals surface area contributed by atoms with Crippen molar-refractivity contribution in [2.75, 3.05) is 25.1 Å². The second kappa shape index (κ2) is 9.84. The molecule has 31 heavy (non-hydrogen) atoms. The molecule has 2 aromatic carbocycles. The normalized spacial score (nSPS) is 13.9. The average Bonchev–Trinajstić information content (AvgIpc) is 2.85. The fourth-order valence-electron chi connectivity index (χ4n) is 3.53. The SMILES string of the molecule is COc1ccccc1/C=N/NC(=O)c1cc(-c2ccccc2)nc(N2CCCCC2)n1. The van der Waals surface area contributed by atoms with Crippen LogP contribution in [0.3, 0.4) is 0 Å². The molecule has 1 fully saturated rings. The number of piperidine rings is 1. The van der Waals surface area contributed by atoms with Gasteiger partial charge in [0.05, 0.1) is 19.0 Å². The number of rotatable bonds is 6. The van der Waals surface area contributed by atoms with Crippen LogP contribution in [0.25, 0.3) is 11.3 Å². The summed E-state index contributed by atoms with van der Waals surface area (Å²) in [5, 5.41) is 4.09. The molecule has 1 aromatic heterocycles. The summed E-state index contributed by atoms with van der Waals surface area (Å²) in [5.74, 6) is 0.880.